The Bertz CT molecular complexity index is 769. The number of hydrogen-bond acceptors (Lipinski definition) is 3. The minimum Gasteiger partial charge on any atom is -0.496 e. The van der Waals surface area contributed by atoms with Crippen molar-refractivity contribution in [3.8, 4) is 5.75 Å². The lowest BCUT2D eigenvalue weighted by Gasteiger charge is -2.08. The molecule has 3 rings (SSSR count). The Morgan fingerprint density at radius 2 is 2.04 bits per heavy atom. The molecule has 0 radical (unpaired) electrons. The summed E-state index contributed by atoms with van der Waals surface area (Å²) in [5, 5.41) is 0. The summed E-state index contributed by atoms with van der Waals surface area (Å²) in [5.74, 6) is 0.374. The molecule has 4 heteroatoms. The summed E-state index contributed by atoms with van der Waals surface area (Å²) in [5.41, 5.74) is 4.39. The first-order valence-electron chi connectivity index (χ1n) is 8.25. The molecule has 4 nitrogen and oxygen atoms in total. The van der Waals surface area contributed by atoms with Crippen LogP contribution in [0.25, 0.3) is 6.08 Å². The number of ether oxygens (including phenoxy) is 2. The van der Waals surface area contributed by atoms with Gasteiger partial charge in [0, 0.05) is 29.1 Å². The molecule has 1 saturated carbocycles. The van der Waals surface area contributed by atoms with Gasteiger partial charge in [0.15, 0.2) is 0 Å². The van der Waals surface area contributed by atoms with Crippen LogP contribution >= 0.6 is 0 Å². The van der Waals surface area contributed by atoms with Gasteiger partial charge in [-0.2, -0.15) is 0 Å². The van der Waals surface area contributed by atoms with Crippen molar-refractivity contribution in [2.24, 2.45) is 0 Å². The van der Waals surface area contributed by atoms with Gasteiger partial charge >= 0.3 is 5.97 Å². The average Bonchev–Trinajstić information content (AvgIpc) is 3.37. The summed E-state index contributed by atoms with van der Waals surface area (Å²) in [7, 11) is 1.61. The van der Waals surface area contributed by atoms with Crippen molar-refractivity contribution in [2.45, 2.75) is 39.3 Å². The van der Waals surface area contributed by atoms with Crippen molar-refractivity contribution in [2.75, 3.05) is 7.11 Å². The van der Waals surface area contributed by atoms with Gasteiger partial charge in [-0.15, -0.1) is 0 Å². The van der Waals surface area contributed by atoms with Gasteiger partial charge in [0.05, 0.1) is 7.11 Å². The average molecular weight is 325 g/mol. The molecule has 0 N–H and O–H groups in total. The molecule has 0 atom stereocenters. The van der Waals surface area contributed by atoms with E-state index in [-0.39, 0.29) is 12.6 Å². The fourth-order valence-electron chi connectivity index (χ4n) is 3.04. The third-order valence-electron chi connectivity index (χ3n) is 4.40. The predicted octanol–water partition coefficient (Wildman–Crippen LogP) is 4.21. The number of carbonyl (C=O) groups is 1. The van der Waals surface area contributed by atoms with Crippen LogP contribution < -0.4 is 4.74 Å². The number of hydrogen-bond donors (Lipinski definition) is 0. The van der Waals surface area contributed by atoms with Crippen LogP contribution in [0.1, 0.15) is 41.4 Å². The molecule has 0 aliphatic heterocycles. The van der Waals surface area contributed by atoms with Crippen LogP contribution in [-0.4, -0.2) is 17.6 Å². The number of rotatable bonds is 6. The van der Waals surface area contributed by atoms with Crippen LogP contribution in [0.4, 0.5) is 0 Å². The topological polar surface area (TPSA) is 40.5 Å². The van der Waals surface area contributed by atoms with Crippen LogP contribution in [0, 0.1) is 13.8 Å². The zero-order chi connectivity index (χ0) is 17.1. The number of methoxy groups -OCH3 is 1. The number of benzene rings is 1. The van der Waals surface area contributed by atoms with Crippen LogP contribution in [0.3, 0.4) is 0 Å². The minimum absolute atomic E-state index is 0.203. The highest BCUT2D eigenvalue weighted by Gasteiger charge is 2.26. The molecule has 126 valence electrons. The van der Waals surface area contributed by atoms with Crippen LogP contribution in [0.2, 0.25) is 0 Å². The van der Waals surface area contributed by atoms with Crippen molar-refractivity contribution >= 4 is 12.0 Å². The summed E-state index contributed by atoms with van der Waals surface area (Å²) in [6.07, 6.45) is 5.83. The van der Waals surface area contributed by atoms with Crippen molar-refractivity contribution in [3.63, 3.8) is 0 Å². The number of carbonyl (C=O) groups excluding carboxylic acids is 1. The van der Waals surface area contributed by atoms with E-state index in [0.717, 1.165) is 16.9 Å². The highest BCUT2D eigenvalue weighted by molar-refractivity contribution is 5.87. The van der Waals surface area contributed by atoms with Crippen molar-refractivity contribution < 1.29 is 14.3 Å². The molecule has 1 heterocycles. The van der Waals surface area contributed by atoms with Crippen molar-refractivity contribution in [3.05, 3.63) is 58.9 Å². The molecule has 0 spiro atoms. The van der Waals surface area contributed by atoms with E-state index in [9.17, 15) is 4.79 Å². The molecule has 0 bridgehead atoms. The quantitative estimate of drug-likeness (QED) is 0.590. The standard InChI is InChI=1S/C20H23NO3/c1-14-12-16(15(2)21(14)18-9-10-18)8-11-20(22)24-13-17-6-4-5-7-19(17)23-3/h4-8,11-12,18H,9-10,13H2,1-3H3/b11-8+. The van der Waals surface area contributed by atoms with Gasteiger partial charge in [0.25, 0.3) is 0 Å². The number of esters is 1. The Balaban J connectivity index is 1.62. The third kappa shape index (κ3) is 3.53. The van der Waals surface area contributed by atoms with Gasteiger partial charge in [-0.25, -0.2) is 4.79 Å². The van der Waals surface area contributed by atoms with Crippen LogP contribution in [0.15, 0.2) is 36.4 Å². The molecular weight excluding hydrogens is 302 g/mol. The Kier molecular flexibility index (Phi) is 4.74. The molecule has 2 aromatic rings. The molecule has 1 aliphatic rings. The van der Waals surface area contributed by atoms with E-state index in [2.05, 4.69) is 24.5 Å². The molecule has 1 aromatic carbocycles. The maximum absolute atomic E-state index is 12.0. The summed E-state index contributed by atoms with van der Waals surface area (Å²) in [4.78, 5) is 12.0. The van der Waals surface area contributed by atoms with Crippen molar-refractivity contribution in [1.29, 1.82) is 0 Å². The first kappa shape index (κ1) is 16.4. The zero-order valence-electron chi connectivity index (χ0n) is 14.4. The molecule has 24 heavy (non-hydrogen) atoms. The van der Waals surface area contributed by atoms with E-state index in [1.54, 1.807) is 7.11 Å². The lowest BCUT2D eigenvalue weighted by atomic mass is 10.2. The van der Waals surface area contributed by atoms with E-state index in [1.807, 2.05) is 30.3 Å². The largest absolute Gasteiger partial charge is 0.496 e. The van der Waals surface area contributed by atoms with Crippen LogP contribution in [0.5, 0.6) is 5.75 Å². The SMILES string of the molecule is COc1ccccc1COC(=O)/C=C/c1cc(C)n(C2CC2)c1C. The number of para-hydroxylation sites is 1. The molecule has 0 saturated heterocycles. The smallest absolute Gasteiger partial charge is 0.331 e. The molecule has 1 fully saturated rings. The maximum atomic E-state index is 12.0. The second-order valence-electron chi connectivity index (χ2n) is 6.18. The van der Waals surface area contributed by atoms with Gasteiger partial charge in [0.1, 0.15) is 12.4 Å². The van der Waals surface area contributed by atoms with Crippen molar-refractivity contribution in [1.82, 2.24) is 4.57 Å². The third-order valence-corrected chi connectivity index (χ3v) is 4.40. The van der Waals surface area contributed by atoms with Gasteiger partial charge < -0.3 is 14.0 Å². The fourth-order valence-corrected chi connectivity index (χ4v) is 3.04. The number of aromatic nitrogens is 1. The van der Waals surface area contributed by atoms with Gasteiger partial charge in [-0.1, -0.05) is 18.2 Å². The van der Waals surface area contributed by atoms with E-state index in [4.69, 9.17) is 9.47 Å². The molecule has 1 aliphatic carbocycles. The molecular formula is C20H23NO3. The zero-order valence-corrected chi connectivity index (χ0v) is 14.4. The number of aryl methyl sites for hydroxylation is 1. The summed E-state index contributed by atoms with van der Waals surface area (Å²) in [6, 6.07) is 10.3. The molecule has 0 amide bonds. The summed E-state index contributed by atoms with van der Waals surface area (Å²) < 4.78 is 12.9. The fraction of sp³-hybridized carbons (Fsp3) is 0.350. The first-order chi connectivity index (χ1) is 11.6. The van der Waals surface area contributed by atoms with E-state index in [1.165, 1.54) is 30.3 Å². The Morgan fingerprint density at radius 3 is 2.75 bits per heavy atom. The van der Waals surface area contributed by atoms with Crippen LogP contribution in [-0.2, 0) is 16.1 Å². The lowest BCUT2D eigenvalue weighted by Crippen LogP contribution is -2.02. The first-order valence-corrected chi connectivity index (χ1v) is 8.25. The highest BCUT2D eigenvalue weighted by Crippen LogP contribution is 2.38. The maximum Gasteiger partial charge on any atom is 0.331 e. The summed E-state index contributed by atoms with van der Waals surface area (Å²) in [6.45, 7) is 4.42. The monoisotopic (exact) mass is 325 g/mol. The van der Waals surface area contributed by atoms with E-state index in [0.29, 0.717) is 6.04 Å². The van der Waals surface area contributed by atoms with E-state index >= 15 is 0 Å². The highest BCUT2D eigenvalue weighted by atomic mass is 16.5. The van der Waals surface area contributed by atoms with Gasteiger partial charge in [-0.05, 0) is 50.5 Å². The Hall–Kier alpha value is -2.49. The Labute approximate surface area is 142 Å². The molecule has 0 unspecified atom stereocenters. The minimum atomic E-state index is -0.350. The predicted molar refractivity (Wildman–Crippen MR) is 94.0 cm³/mol. The second kappa shape index (κ2) is 6.95. The number of nitrogens with zero attached hydrogens (tertiary/aromatic N) is 1. The van der Waals surface area contributed by atoms with E-state index < -0.39 is 0 Å². The lowest BCUT2D eigenvalue weighted by molar-refractivity contribution is -0.138. The Morgan fingerprint density at radius 1 is 1.29 bits per heavy atom. The normalized spacial score (nSPS) is 14.1. The second-order valence-corrected chi connectivity index (χ2v) is 6.18. The van der Waals surface area contributed by atoms with Gasteiger partial charge in [0.2, 0.25) is 0 Å². The summed E-state index contributed by atoms with van der Waals surface area (Å²) >= 11 is 0. The van der Waals surface area contributed by atoms with Gasteiger partial charge in [-0.3, -0.25) is 0 Å². The molecule has 1 aromatic heterocycles.